The van der Waals surface area contributed by atoms with Crippen LogP contribution in [0.2, 0.25) is 0 Å². The van der Waals surface area contributed by atoms with Crippen LogP contribution < -0.4 is 15.4 Å². The smallest absolute Gasteiger partial charge is 0.410 e. The van der Waals surface area contributed by atoms with Crippen LogP contribution in [0.4, 0.5) is 9.59 Å². The van der Waals surface area contributed by atoms with E-state index in [0.717, 1.165) is 31.7 Å². The van der Waals surface area contributed by atoms with Gasteiger partial charge in [0.05, 0.1) is 0 Å². The lowest BCUT2D eigenvalue weighted by Gasteiger charge is -2.26. The molecule has 1 aromatic carbocycles. The quantitative estimate of drug-likeness (QED) is 0.791. The molecule has 2 rings (SSSR count). The van der Waals surface area contributed by atoms with Crippen molar-refractivity contribution < 1.29 is 14.3 Å². The van der Waals surface area contributed by atoms with Gasteiger partial charge in [-0.15, -0.1) is 11.6 Å². The number of carbonyl (C=O) groups excluding carboxylic acids is 2. The van der Waals surface area contributed by atoms with Crippen LogP contribution in [0.3, 0.4) is 0 Å². The zero-order valence-corrected chi connectivity index (χ0v) is 14.3. The van der Waals surface area contributed by atoms with Gasteiger partial charge in [-0.3, -0.25) is 4.79 Å². The number of carbonyl (C=O) groups is 2. The number of nitrogens with zero attached hydrogens (tertiary/aromatic N) is 1. The summed E-state index contributed by atoms with van der Waals surface area (Å²) >= 11 is 6.77. The molecule has 6 nitrogen and oxygen atoms in total. The molecular weight excluding hydrogens is 338 g/mol. The minimum Gasteiger partial charge on any atom is -0.410 e. The van der Waals surface area contributed by atoms with E-state index in [1.54, 1.807) is 12.1 Å². The molecule has 126 valence electrons. The molecule has 1 aliphatic rings. The fourth-order valence-electron chi connectivity index (χ4n) is 2.03. The van der Waals surface area contributed by atoms with E-state index in [2.05, 4.69) is 10.6 Å². The first-order valence-electron chi connectivity index (χ1n) is 7.42. The zero-order valence-electron chi connectivity index (χ0n) is 12.7. The van der Waals surface area contributed by atoms with E-state index in [-0.39, 0.29) is 5.24 Å². The minimum absolute atomic E-state index is 0.104. The van der Waals surface area contributed by atoms with E-state index in [1.165, 1.54) is 11.8 Å². The summed E-state index contributed by atoms with van der Waals surface area (Å²) in [7, 11) is 0. The summed E-state index contributed by atoms with van der Waals surface area (Å²) in [5.41, 5.74) is 1.01. The van der Waals surface area contributed by atoms with Crippen molar-refractivity contribution in [3.8, 4) is 5.75 Å². The number of ether oxygens (including phenoxy) is 1. The molecule has 0 saturated carbocycles. The molecule has 1 aromatic rings. The van der Waals surface area contributed by atoms with Crippen molar-refractivity contribution in [2.75, 3.05) is 38.6 Å². The zero-order chi connectivity index (χ0) is 16.5. The monoisotopic (exact) mass is 357 g/mol. The van der Waals surface area contributed by atoms with Gasteiger partial charge in [0, 0.05) is 44.4 Å². The SMILES string of the molecule is O=C(NCCCl)Oc1ccc(CSC(=O)N2CCNCC2)cc1. The van der Waals surface area contributed by atoms with Gasteiger partial charge in [0.2, 0.25) is 0 Å². The fourth-order valence-corrected chi connectivity index (χ4v) is 2.97. The Morgan fingerprint density at radius 3 is 2.61 bits per heavy atom. The highest BCUT2D eigenvalue weighted by molar-refractivity contribution is 8.12. The maximum Gasteiger partial charge on any atom is 0.412 e. The van der Waals surface area contributed by atoms with E-state index < -0.39 is 6.09 Å². The second-order valence-corrected chi connectivity index (χ2v) is 6.25. The molecule has 0 radical (unpaired) electrons. The van der Waals surface area contributed by atoms with Crippen LogP contribution in [-0.2, 0) is 5.75 Å². The van der Waals surface area contributed by atoms with Gasteiger partial charge >= 0.3 is 6.09 Å². The Balaban J connectivity index is 1.76. The van der Waals surface area contributed by atoms with Crippen molar-refractivity contribution in [2.24, 2.45) is 0 Å². The Kier molecular flexibility index (Phi) is 7.51. The van der Waals surface area contributed by atoms with Crippen molar-refractivity contribution >= 4 is 34.7 Å². The standard InChI is InChI=1S/C15H20ClN3O3S/c16-5-6-18-14(20)22-13-3-1-12(2-4-13)11-23-15(21)19-9-7-17-8-10-19/h1-4,17H,5-11H2,(H,18,20). The topological polar surface area (TPSA) is 70.7 Å². The van der Waals surface area contributed by atoms with Crippen LogP contribution in [0, 0.1) is 0 Å². The number of amides is 2. The molecule has 2 N–H and O–H groups in total. The summed E-state index contributed by atoms with van der Waals surface area (Å²) in [4.78, 5) is 25.3. The Hall–Kier alpha value is -1.44. The fraction of sp³-hybridized carbons (Fsp3) is 0.467. The molecule has 2 amide bonds. The molecule has 0 aromatic heterocycles. The summed E-state index contributed by atoms with van der Waals surface area (Å²) in [5.74, 6) is 1.40. The van der Waals surface area contributed by atoms with Gasteiger partial charge in [0.15, 0.2) is 0 Å². The van der Waals surface area contributed by atoms with Gasteiger partial charge < -0.3 is 20.3 Å². The molecule has 0 unspecified atom stereocenters. The van der Waals surface area contributed by atoms with E-state index in [0.29, 0.717) is 23.9 Å². The third-order valence-electron chi connectivity index (χ3n) is 3.24. The van der Waals surface area contributed by atoms with Crippen LogP contribution in [-0.4, -0.2) is 54.8 Å². The molecule has 1 fully saturated rings. The molecule has 0 spiro atoms. The number of thioether (sulfide) groups is 1. The molecule has 0 atom stereocenters. The second kappa shape index (κ2) is 9.64. The van der Waals surface area contributed by atoms with Gasteiger partial charge in [-0.1, -0.05) is 23.9 Å². The highest BCUT2D eigenvalue weighted by Crippen LogP contribution is 2.19. The van der Waals surface area contributed by atoms with Crippen LogP contribution in [0.5, 0.6) is 5.75 Å². The van der Waals surface area contributed by atoms with Crippen molar-refractivity contribution in [2.45, 2.75) is 5.75 Å². The van der Waals surface area contributed by atoms with Crippen molar-refractivity contribution in [1.29, 1.82) is 0 Å². The Labute approximate surface area is 144 Å². The number of piperazine rings is 1. The third-order valence-corrected chi connectivity index (χ3v) is 4.41. The molecule has 0 bridgehead atoms. The van der Waals surface area contributed by atoms with Crippen LogP contribution in [0.25, 0.3) is 0 Å². The average molecular weight is 358 g/mol. The molecule has 8 heteroatoms. The van der Waals surface area contributed by atoms with Gasteiger partial charge in [0.1, 0.15) is 5.75 Å². The molecule has 1 saturated heterocycles. The van der Waals surface area contributed by atoms with Crippen molar-refractivity contribution in [3.05, 3.63) is 29.8 Å². The van der Waals surface area contributed by atoms with Crippen molar-refractivity contribution in [3.63, 3.8) is 0 Å². The lowest BCUT2D eigenvalue weighted by Crippen LogP contribution is -2.45. The summed E-state index contributed by atoms with van der Waals surface area (Å²) in [5, 5.41) is 5.84. The van der Waals surface area contributed by atoms with Gasteiger partial charge in [-0.05, 0) is 17.7 Å². The maximum atomic E-state index is 12.1. The molecular formula is C15H20ClN3O3S. The summed E-state index contributed by atoms with van der Waals surface area (Å²) < 4.78 is 5.09. The Morgan fingerprint density at radius 2 is 1.96 bits per heavy atom. The number of halogens is 1. The number of hydrogen-bond donors (Lipinski definition) is 2. The third kappa shape index (κ3) is 6.29. The van der Waals surface area contributed by atoms with Gasteiger partial charge in [-0.25, -0.2) is 4.79 Å². The lowest BCUT2D eigenvalue weighted by molar-refractivity contribution is 0.201. The first-order chi connectivity index (χ1) is 11.2. The highest BCUT2D eigenvalue weighted by atomic mass is 35.5. The molecule has 23 heavy (non-hydrogen) atoms. The maximum absolute atomic E-state index is 12.1. The first kappa shape index (κ1) is 17.9. The largest absolute Gasteiger partial charge is 0.412 e. The van der Waals surface area contributed by atoms with Crippen LogP contribution in [0.1, 0.15) is 5.56 Å². The first-order valence-corrected chi connectivity index (χ1v) is 8.94. The van der Waals surface area contributed by atoms with Crippen LogP contribution in [0.15, 0.2) is 24.3 Å². The molecule has 1 heterocycles. The van der Waals surface area contributed by atoms with E-state index in [4.69, 9.17) is 16.3 Å². The van der Waals surface area contributed by atoms with Gasteiger partial charge in [0.25, 0.3) is 5.24 Å². The number of hydrogen-bond acceptors (Lipinski definition) is 5. The predicted octanol–water partition coefficient (Wildman–Crippen LogP) is 2.27. The summed E-state index contributed by atoms with van der Waals surface area (Å²) in [6.45, 7) is 3.59. The predicted molar refractivity (Wildman–Crippen MR) is 92.3 cm³/mol. The number of benzene rings is 1. The number of nitrogens with one attached hydrogen (secondary N) is 2. The average Bonchev–Trinajstić information content (AvgIpc) is 2.60. The summed E-state index contributed by atoms with van der Waals surface area (Å²) in [6.07, 6.45) is -0.526. The number of alkyl halides is 1. The lowest BCUT2D eigenvalue weighted by atomic mass is 10.2. The van der Waals surface area contributed by atoms with E-state index >= 15 is 0 Å². The van der Waals surface area contributed by atoms with E-state index in [9.17, 15) is 9.59 Å². The van der Waals surface area contributed by atoms with Crippen LogP contribution >= 0.6 is 23.4 Å². The minimum atomic E-state index is -0.526. The Morgan fingerprint density at radius 1 is 1.26 bits per heavy atom. The summed E-state index contributed by atoms with van der Waals surface area (Å²) in [6, 6.07) is 7.13. The highest BCUT2D eigenvalue weighted by Gasteiger charge is 2.16. The normalized spacial score (nSPS) is 14.4. The second-order valence-electron chi connectivity index (χ2n) is 4.94. The van der Waals surface area contributed by atoms with Crippen molar-refractivity contribution in [1.82, 2.24) is 15.5 Å². The van der Waals surface area contributed by atoms with Gasteiger partial charge in [-0.2, -0.15) is 0 Å². The Bertz CT molecular complexity index is 521. The molecule has 1 aliphatic heterocycles. The van der Waals surface area contributed by atoms with E-state index in [1.807, 2.05) is 17.0 Å². The number of rotatable bonds is 5. The molecule has 0 aliphatic carbocycles.